The molecule has 1 fully saturated rings. The number of hydrogen-bond acceptors (Lipinski definition) is 3. The van der Waals surface area contributed by atoms with Crippen molar-refractivity contribution in [2.75, 3.05) is 19.8 Å². The van der Waals surface area contributed by atoms with Crippen molar-refractivity contribution in [3.8, 4) is 0 Å². The average Bonchev–Trinajstić information content (AvgIpc) is 2.46. The summed E-state index contributed by atoms with van der Waals surface area (Å²) < 4.78 is 4.71. The molecule has 0 spiro atoms. The van der Waals surface area contributed by atoms with Gasteiger partial charge in [0.05, 0.1) is 0 Å². The zero-order valence-electron chi connectivity index (χ0n) is 16.2. The predicted octanol–water partition coefficient (Wildman–Crippen LogP) is 5.34. The monoisotopic (exact) mass is 315 g/mol. The van der Waals surface area contributed by atoms with Crippen LogP contribution in [-0.2, 0) is 9.53 Å². The van der Waals surface area contributed by atoms with E-state index in [4.69, 9.17) is 4.74 Å². The van der Waals surface area contributed by atoms with Gasteiger partial charge in [0.15, 0.2) is 0 Å². The molecule has 0 aromatic carbocycles. The lowest BCUT2D eigenvalue weighted by Gasteiger charge is -2.32. The Morgan fingerprint density at radius 1 is 1.05 bits per heavy atom. The second kappa shape index (κ2) is 16.8. The minimum atomic E-state index is 0.467. The van der Waals surface area contributed by atoms with Crippen LogP contribution >= 0.6 is 0 Å². The molecule has 0 saturated carbocycles. The van der Waals surface area contributed by atoms with Crippen LogP contribution in [0.4, 0.5) is 0 Å². The maximum Gasteiger partial charge on any atom is 0.294 e. The third kappa shape index (κ3) is 17.5. The number of hydrogen-bond donors (Lipinski definition) is 0. The zero-order chi connectivity index (χ0) is 17.4. The van der Waals surface area contributed by atoms with Crippen molar-refractivity contribution in [2.45, 2.75) is 80.6 Å². The molecule has 0 aliphatic carbocycles. The first kappa shape index (κ1) is 23.7. The molecular formula is C19H41NO2. The second-order valence-electron chi connectivity index (χ2n) is 7.18. The maximum absolute atomic E-state index is 9.97. The fraction of sp³-hybridized carbons (Fsp3) is 0.947. The number of carbonyl (C=O) groups excluding carboxylic acids is 1. The van der Waals surface area contributed by atoms with Gasteiger partial charge in [-0.05, 0) is 30.6 Å². The Hall–Kier alpha value is -0.570. The molecule has 134 valence electrons. The van der Waals surface area contributed by atoms with Gasteiger partial charge in [-0.25, -0.2) is 0 Å². The van der Waals surface area contributed by atoms with E-state index in [1.807, 2.05) is 0 Å². The number of unbranched alkanes of at least 4 members (excludes halogenated alkanes) is 2. The highest BCUT2D eigenvalue weighted by Gasteiger charge is 2.21. The van der Waals surface area contributed by atoms with Gasteiger partial charge in [-0.15, -0.1) is 0 Å². The summed E-state index contributed by atoms with van der Waals surface area (Å²) in [4.78, 5) is 12.2. The van der Waals surface area contributed by atoms with E-state index in [0.29, 0.717) is 13.2 Å². The Kier molecular flexibility index (Phi) is 18.1. The van der Waals surface area contributed by atoms with Crippen molar-refractivity contribution >= 4 is 6.47 Å². The molecule has 3 nitrogen and oxygen atoms in total. The van der Waals surface area contributed by atoms with Crippen molar-refractivity contribution in [1.29, 1.82) is 0 Å². The minimum absolute atomic E-state index is 0.467. The van der Waals surface area contributed by atoms with Gasteiger partial charge in [-0.3, -0.25) is 9.69 Å². The molecule has 1 aliphatic rings. The number of nitrogens with zero attached hydrogens (tertiary/aromatic N) is 1. The molecular weight excluding hydrogens is 274 g/mol. The molecule has 0 amide bonds. The van der Waals surface area contributed by atoms with Crippen molar-refractivity contribution in [1.82, 2.24) is 4.90 Å². The molecule has 1 aliphatic heterocycles. The molecule has 1 saturated heterocycles. The fourth-order valence-electron chi connectivity index (χ4n) is 2.24. The first-order chi connectivity index (χ1) is 10.4. The van der Waals surface area contributed by atoms with E-state index >= 15 is 0 Å². The van der Waals surface area contributed by atoms with E-state index in [1.54, 1.807) is 0 Å². The van der Waals surface area contributed by atoms with E-state index in [2.05, 4.69) is 53.4 Å². The van der Waals surface area contributed by atoms with Crippen LogP contribution in [0.25, 0.3) is 0 Å². The zero-order valence-corrected chi connectivity index (χ0v) is 16.2. The Bertz CT molecular complexity index is 217. The molecule has 1 heterocycles. The largest absolute Gasteiger partial charge is 0.452 e. The number of likely N-dealkylation sites (tertiary alicyclic amines) is 1. The number of ether oxygens (including phenoxy) is 1. The molecule has 0 aromatic heterocycles. The van der Waals surface area contributed by atoms with Crippen LogP contribution in [0.1, 0.15) is 80.6 Å². The molecule has 0 radical (unpaired) electrons. The van der Waals surface area contributed by atoms with E-state index < -0.39 is 0 Å². The van der Waals surface area contributed by atoms with Gasteiger partial charge in [0.2, 0.25) is 0 Å². The molecule has 0 unspecified atom stereocenters. The van der Waals surface area contributed by atoms with Crippen LogP contribution in [0.5, 0.6) is 0 Å². The highest BCUT2D eigenvalue weighted by molar-refractivity contribution is 5.36. The molecule has 0 aromatic rings. The van der Waals surface area contributed by atoms with Crippen LogP contribution in [-0.4, -0.2) is 31.2 Å². The van der Waals surface area contributed by atoms with Crippen molar-refractivity contribution in [3.63, 3.8) is 0 Å². The summed E-state index contributed by atoms with van der Waals surface area (Å²) in [6.07, 6.45) is 6.55. The lowest BCUT2D eigenvalue weighted by molar-refractivity contribution is -0.133. The summed E-state index contributed by atoms with van der Waals surface area (Å²) in [7, 11) is 0. The SMILES string of the molecule is CC(C)C.CC(C)C1CCN(COC=O)CC1.CCCCC. The number of piperidine rings is 1. The number of rotatable bonds is 6. The Labute approximate surface area is 139 Å². The molecule has 1 rings (SSSR count). The van der Waals surface area contributed by atoms with Crippen LogP contribution < -0.4 is 0 Å². The quantitative estimate of drug-likeness (QED) is 0.619. The Balaban J connectivity index is 0. The van der Waals surface area contributed by atoms with Gasteiger partial charge in [0.1, 0.15) is 6.73 Å². The van der Waals surface area contributed by atoms with Gasteiger partial charge < -0.3 is 4.74 Å². The summed E-state index contributed by atoms with van der Waals surface area (Å²) in [5.41, 5.74) is 0. The smallest absolute Gasteiger partial charge is 0.294 e. The van der Waals surface area contributed by atoms with Gasteiger partial charge in [0, 0.05) is 13.1 Å². The highest BCUT2D eigenvalue weighted by atomic mass is 16.5. The van der Waals surface area contributed by atoms with Crippen LogP contribution in [0.15, 0.2) is 0 Å². The van der Waals surface area contributed by atoms with E-state index in [9.17, 15) is 4.79 Å². The van der Waals surface area contributed by atoms with Crippen molar-refractivity contribution < 1.29 is 9.53 Å². The highest BCUT2D eigenvalue weighted by Crippen LogP contribution is 2.23. The molecule has 0 atom stereocenters. The molecule has 3 heteroatoms. The third-order valence-corrected chi connectivity index (χ3v) is 3.61. The number of carbonyl (C=O) groups is 1. The van der Waals surface area contributed by atoms with Crippen molar-refractivity contribution in [2.24, 2.45) is 17.8 Å². The van der Waals surface area contributed by atoms with Crippen molar-refractivity contribution in [3.05, 3.63) is 0 Å². The van der Waals surface area contributed by atoms with Gasteiger partial charge in [0.25, 0.3) is 6.47 Å². The lowest BCUT2D eigenvalue weighted by Crippen LogP contribution is -2.36. The fourth-order valence-corrected chi connectivity index (χ4v) is 2.24. The summed E-state index contributed by atoms with van der Waals surface area (Å²) in [5.74, 6) is 2.47. The molecule has 22 heavy (non-hydrogen) atoms. The average molecular weight is 316 g/mol. The van der Waals surface area contributed by atoms with Gasteiger partial charge >= 0.3 is 0 Å². The first-order valence-corrected chi connectivity index (χ1v) is 9.16. The topological polar surface area (TPSA) is 29.5 Å². The summed E-state index contributed by atoms with van der Waals surface area (Å²) in [6, 6.07) is 0. The normalized spacial score (nSPS) is 15.7. The first-order valence-electron chi connectivity index (χ1n) is 9.16. The Morgan fingerprint density at radius 2 is 1.50 bits per heavy atom. The second-order valence-corrected chi connectivity index (χ2v) is 7.18. The summed E-state index contributed by atoms with van der Waals surface area (Å²) >= 11 is 0. The van der Waals surface area contributed by atoms with E-state index in [-0.39, 0.29) is 0 Å². The van der Waals surface area contributed by atoms with Crippen LogP contribution in [0.3, 0.4) is 0 Å². The minimum Gasteiger partial charge on any atom is -0.452 e. The van der Waals surface area contributed by atoms with E-state index in [1.165, 1.54) is 32.1 Å². The third-order valence-electron chi connectivity index (χ3n) is 3.61. The molecule has 0 N–H and O–H groups in total. The van der Waals surface area contributed by atoms with Gasteiger partial charge in [-0.1, -0.05) is 67.7 Å². The van der Waals surface area contributed by atoms with E-state index in [0.717, 1.165) is 30.8 Å². The summed E-state index contributed by atoms with van der Waals surface area (Å²) in [5, 5.41) is 0. The Morgan fingerprint density at radius 3 is 1.77 bits per heavy atom. The standard InChI is InChI=1S/C10H19NO2.C5H12.C4H10/c1-9(2)10-3-5-11(6-4-10)7-13-8-12;1-3-5-4-2;1-4(2)3/h8-10H,3-7H2,1-2H3;3-5H2,1-2H3;4H,1-3H3. The predicted molar refractivity (Wildman–Crippen MR) is 96.9 cm³/mol. The lowest BCUT2D eigenvalue weighted by atomic mass is 9.87. The van der Waals surface area contributed by atoms with Crippen LogP contribution in [0.2, 0.25) is 0 Å². The van der Waals surface area contributed by atoms with Gasteiger partial charge in [-0.2, -0.15) is 0 Å². The maximum atomic E-state index is 9.97. The van der Waals surface area contributed by atoms with Crippen LogP contribution in [0, 0.1) is 17.8 Å². The summed E-state index contributed by atoms with van der Waals surface area (Å²) in [6.45, 7) is 18.6. The molecule has 0 bridgehead atoms.